The number of carbonyl (C=O) groups excluding carboxylic acids is 1. The molecule has 6 nitrogen and oxygen atoms in total. The molecular weight excluding hydrogens is 333 g/mol. The molecule has 2 aromatic rings. The van der Waals surface area contributed by atoms with E-state index in [1.165, 1.54) is 15.6 Å². The number of halogens is 3. The topological polar surface area (TPSA) is 85.4 Å². The van der Waals surface area contributed by atoms with Crippen molar-refractivity contribution in [2.24, 2.45) is 0 Å². The van der Waals surface area contributed by atoms with Crippen molar-refractivity contribution in [3.63, 3.8) is 0 Å². The average molecular weight is 338 g/mol. The highest BCUT2D eigenvalue weighted by Crippen LogP contribution is 2.18. The summed E-state index contributed by atoms with van der Waals surface area (Å²) in [5.41, 5.74) is 1.33. The molecule has 1 aromatic heterocycles. The van der Waals surface area contributed by atoms with Gasteiger partial charge >= 0.3 is 6.09 Å². The van der Waals surface area contributed by atoms with E-state index in [1.807, 2.05) is 0 Å². The van der Waals surface area contributed by atoms with Crippen LogP contribution in [0.25, 0.3) is 0 Å². The Balaban J connectivity index is 2.22. The van der Waals surface area contributed by atoms with Crippen LogP contribution in [0, 0.1) is 17.5 Å². The largest absolute Gasteiger partial charge is 0.428 e. The smallest absolute Gasteiger partial charge is 0.390 e. The van der Waals surface area contributed by atoms with Gasteiger partial charge < -0.3 is 4.74 Å². The van der Waals surface area contributed by atoms with E-state index < -0.39 is 38.5 Å². The van der Waals surface area contributed by atoms with Gasteiger partial charge in [0.2, 0.25) is 5.88 Å². The van der Waals surface area contributed by atoms with E-state index in [0.29, 0.717) is 0 Å². The maximum atomic E-state index is 13.4. The first-order chi connectivity index (χ1) is 9.79. The van der Waals surface area contributed by atoms with Crippen molar-refractivity contribution in [1.82, 2.24) is 9.71 Å². The molecule has 0 aliphatic rings. The number of rotatable bonds is 3. The Bertz CT molecular complexity index is 778. The fourth-order valence-corrected chi connectivity index (χ4v) is 2.64. The highest BCUT2D eigenvalue weighted by Gasteiger charge is 2.25. The SMILES string of the molecule is O=C(NS(=O)(=O)c1cc(F)c(F)cc1F)Oc1cscn1. The van der Waals surface area contributed by atoms with Crippen LogP contribution in [0.2, 0.25) is 0 Å². The van der Waals surface area contributed by atoms with Crippen LogP contribution in [0.15, 0.2) is 27.9 Å². The molecule has 1 N–H and O–H groups in total. The van der Waals surface area contributed by atoms with E-state index >= 15 is 0 Å². The predicted octanol–water partition coefficient (Wildman–Crippen LogP) is 2.04. The van der Waals surface area contributed by atoms with Crippen molar-refractivity contribution in [3.05, 3.63) is 40.5 Å². The van der Waals surface area contributed by atoms with Crippen LogP contribution in [0.5, 0.6) is 5.88 Å². The summed E-state index contributed by atoms with van der Waals surface area (Å²) in [4.78, 5) is 13.7. The van der Waals surface area contributed by atoms with Crippen LogP contribution in [0.4, 0.5) is 18.0 Å². The van der Waals surface area contributed by atoms with E-state index in [9.17, 15) is 26.4 Å². The molecule has 0 atom stereocenters. The number of ether oxygens (including phenoxy) is 1. The molecule has 0 aliphatic heterocycles. The molecule has 0 saturated heterocycles. The van der Waals surface area contributed by atoms with Gasteiger partial charge in [-0.3, -0.25) is 0 Å². The molecule has 0 bridgehead atoms. The van der Waals surface area contributed by atoms with E-state index in [-0.39, 0.29) is 18.0 Å². The van der Waals surface area contributed by atoms with Gasteiger partial charge in [0.25, 0.3) is 10.0 Å². The highest BCUT2D eigenvalue weighted by molar-refractivity contribution is 7.90. The maximum absolute atomic E-state index is 13.4. The number of nitrogens with zero attached hydrogens (tertiary/aromatic N) is 1. The third kappa shape index (κ3) is 3.49. The lowest BCUT2D eigenvalue weighted by Crippen LogP contribution is -2.33. The van der Waals surface area contributed by atoms with Gasteiger partial charge in [-0.15, -0.1) is 11.3 Å². The maximum Gasteiger partial charge on any atom is 0.428 e. The molecule has 0 aliphatic carbocycles. The fourth-order valence-electron chi connectivity index (χ4n) is 1.24. The van der Waals surface area contributed by atoms with E-state index in [2.05, 4.69) is 9.72 Å². The fraction of sp³-hybridized carbons (Fsp3) is 0. The van der Waals surface area contributed by atoms with Crippen LogP contribution in [0.1, 0.15) is 0 Å². The number of hydrogen-bond acceptors (Lipinski definition) is 6. The number of carbonyl (C=O) groups is 1. The molecule has 0 radical (unpaired) electrons. The summed E-state index contributed by atoms with van der Waals surface area (Å²) in [5, 5.41) is 1.31. The van der Waals surface area contributed by atoms with E-state index in [0.717, 1.165) is 11.3 Å². The molecule has 11 heteroatoms. The summed E-state index contributed by atoms with van der Waals surface area (Å²) in [7, 11) is -4.76. The first-order valence-electron chi connectivity index (χ1n) is 5.07. The van der Waals surface area contributed by atoms with Gasteiger partial charge in [0.1, 0.15) is 10.7 Å². The second kappa shape index (κ2) is 5.69. The van der Waals surface area contributed by atoms with Gasteiger partial charge in [0.05, 0.1) is 10.9 Å². The van der Waals surface area contributed by atoms with Crippen molar-refractivity contribution in [3.8, 4) is 5.88 Å². The number of aromatic nitrogens is 1. The van der Waals surface area contributed by atoms with Crippen molar-refractivity contribution in [1.29, 1.82) is 0 Å². The van der Waals surface area contributed by atoms with Crippen LogP contribution >= 0.6 is 11.3 Å². The Morgan fingerprint density at radius 2 is 1.86 bits per heavy atom. The molecule has 0 spiro atoms. The number of benzene rings is 1. The Morgan fingerprint density at radius 3 is 2.48 bits per heavy atom. The zero-order valence-electron chi connectivity index (χ0n) is 9.84. The van der Waals surface area contributed by atoms with Gasteiger partial charge in [0.15, 0.2) is 11.6 Å². The zero-order chi connectivity index (χ0) is 15.6. The van der Waals surface area contributed by atoms with Crippen LogP contribution in [-0.2, 0) is 10.0 Å². The molecule has 112 valence electrons. The molecule has 1 heterocycles. The highest BCUT2D eigenvalue weighted by atomic mass is 32.2. The number of thiazole rings is 1. The zero-order valence-corrected chi connectivity index (χ0v) is 11.5. The molecular formula is C10H5F3N2O4S2. The number of amides is 1. The third-order valence-corrected chi connectivity index (χ3v) is 3.98. The van der Waals surface area contributed by atoms with Crippen LogP contribution < -0.4 is 9.46 Å². The molecule has 2 rings (SSSR count). The molecule has 1 amide bonds. The van der Waals surface area contributed by atoms with Gasteiger partial charge in [0, 0.05) is 12.1 Å². The van der Waals surface area contributed by atoms with Gasteiger partial charge in [-0.05, 0) is 0 Å². The Hall–Kier alpha value is -2.14. The minimum Gasteiger partial charge on any atom is -0.390 e. The van der Waals surface area contributed by atoms with Crippen LogP contribution in [-0.4, -0.2) is 19.5 Å². The van der Waals surface area contributed by atoms with Gasteiger partial charge in [-0.1, -0.05) is 0 Å². The minimum absolute atomic E-state index is 0.0513. The summed E-state index contributed by atoms with van der Waals surface area (Å²) in [5.74, 6) is -4.86. The lowest BCUT2D eigenvalue weighted by molar-refractivity contribution is 0.205. The number of hydrogen-bond donors (Lipinski definition) is 1. The lowest BCUT2D eigenvalue weighted by Gasteiger charge is -2.07. The van der Waals surface area contributed by atoms with Gasteiger partial charge in [-0.25, -0.2) is 36.1 Å². The van der Waals surface area contributed by atoms with Crippen molar-refractivity contribution < 1.29 is 31.1 Å². The molecule has 21 heavy (non-hydrogen) atoms. The monoisotopic (exact) mass is 338 g/mol. The summed E-state index contributed by atoms with van der Waals surface area (Å²) < 4.78 is 68.3. The second-order valence-corrected chi connectivity index (χ2v) is 5.89. The Kier molecular flexibility index (Phi) is 4.14. The van der Waals surface area contributed by atoms with E-state index in [1.54, 1.807) is 0 Å². The Morgan fingerprint density at radius 1 is 1.19 bits per heavy atom. The first-order valence-corrected chi connectivity index (χ1v) is 7.49. The standard InChI is InChI=1S/C10H5F3N2O4S2/c11-5-1-7(13)8(2-6(5)12)21(17,18)15-10(16)19-9-3-20-4-14-9/h1-4H,(H,15,16). The molecule has 1 aromatic carbocycles. The normalized spacial score (nSPS) is 11.2. The molecule has 0 fully saturated rings. The van der Waals surface area contributed by atoms with Crippen molar-refractivity contribution in [2.45, 2.75) is 4.90 Å². The first kappa shape index (κ1) is 15.3. The van der Waals surface area contributed by atoms with Gasteiger partial charge in [-0.2, -0.15) is 0 Å². The molecule has 0 saturated carbocycles. The van der Waals surface area contributed by atoms with Crippen molar-refractivity contribution in [2.75, 3.05) is 0 Å². The van der Waals surface area contributed by atoms with Crippen LogP contribution in [0.3, 0.4) is 0 Å². The minimum atomic E-state index is -4.76. The molecule has 0 unspecified atom stereocenters. The quantitative estimate of drug-likeness (QED) is 0.866. The summed E-state index contributed by atoms with van der Waals surface area (Å²) in [6, 6.07) is 0.165. The average Bonchev–Trinajstić information content (AvgIpc) is 2.85. The Labute approximate surface area is 120 Å². The second-order valence-electron chi connectivity index (χ2n) is 3.52. The third-order valence-electron chi connectivity index (χ3n) is 2.09. The number of sulfonamides is 1. The predicted molar refractivity (Wildman–Crippen MR) is 64.8 cm³/mol. The van der Waals surface area contributed by atoms with Crippen molar-refractivity contribution >= 4 is 27.5 Å². The summed E-state index contributed by atoms with van der Waals surface area (Å²) >= 11 is 1.09. The lowest BCUT2D eigenvalue weighted by atomic mass is 10.3. The summed E-state index contributed by atoms with van der Waals surface area (Å²) in [6.45, 7) is 0. The number of nitrogens with one attached hydrogen (secondary N) is 1. The van der Waals surface area contributed by atoms with E-state index in [4.69, 9.17) is 0 Å². The summed E-state index contributed by atoms with van der Waals surface area (Å²) in [6.07, 6.45) is -1.47.